The molecule has 0 unspecified atom stereocenters. The van der Waals surface area contributed by atoms with Gasteiger partial charge in [-0.1, -0.05) is 13.0 Å². The number of hydrogen-bond acceptors (Lipinski definition) is 1. The molecule has 86 valence electrons. The second-order valence-corrected chi connectivity index (χ2v) is 5.38. The molecule has 0 radical (unpaired) electrons. The molecule has 0 saturated carbocycles. The standard InChI is InChI=1S/C14H25N/c1-3-4-5-7-13-10-9-12(2)14-8-6-11-15(13)14/h3,12-14H,1,4-11H2,2H3/t12-,13-,14+/m1/s1. The number of fused-ring (bicyclic) bond motifs is 1. The van der Waals surface area contributed by atoms with Crippen LogP contribution in [0.5, 0.6) is 0 Å². The van der Waals surface area contributed by atoms with Crippen LogP contribution in [0, 0.1) is 5.92 Å². The molecule has 0 aliphatic carbocycles. The van der Waals surface area contributed by atoms with Crippen molar-refractivity contribution in [1.82, 2.24) is 4.90 Å². The maximum Gasteiger partial charge on any atom is 0.0124 e. The van der Waals surface area contributed by atoms with E-state index in [1.165, 1.54) is 51.5 Å². The third kappa shape index (κ3) is 2.44. The van der Waals surface area contributed by atoms with Crippen LogP contribution < -0.4 is 0 Å². The van der Waals surface area contributed by atoms with E-state index in [0.717, 1.165) is 18.0 Å². The van der Waals surface area contributed by atoms with Gasteiger partial charge in [0.25, 0.3) is 0 Å². The van der Waals surface area contributed by atoms with Crippen molar-refractivity contribution in [3.05, 3.63) is 12.7 Å². The lowest BCUT2D eigenvalue weighted by Crippen LogP contribution is -2.46. The molecule has 2 saturated heterocycles. The molecule has 15 heavy (non-hydrogen) atoms. The number of piperidine rings is 1. The molecule has 2 fully saturated rings. The summed E-state index contributed by atoms with van der Waals surface area (Å²) in [5, 5.41) is 0. The molecule has 1 heteroatoms. The van der Waals surface area contributed by atoms with Crippen LogP contribution in [0.2, 0.25) is 0 Å². The van der Waals surface area contributed by atoms with Gasteiger partial charge in [-0.3, -0.25) is 4.90 Å². The van der Waals surface area contributed by atoms with E-state index in [1.807, 2.05) is 0 Å². The van der Waals surface area contributed by atoms with E-state index >= 15 is 0 Å². The summed E-state index contributed by atoms with van der Waals surface area (Å²) < 4.78 is 0. The Bertz CT molecular complexity index is 211. The van der Waals surface area contributed by atoms with E-state index in [-0.39, 0.29) is 0 Å². The Hall–Kier alpha value is -0.300. The van der Waals surface area contributed by atoms with Crippen molar-refractivity contribution in [2.75, 3.05) is 6.54 Å². The van der Waals surface area contributed by atoms with Crippen LogP contribution in [0.1, 0.15) is 51.9 Å². The molecule has 1 nitrogen and oxygen atoms in total. The minimum atomic E-state index is 0.897. The van der Waals surface area contributed by atoms with E-state index in [1.54, 1.807) is 0 Å². The number of hydrogen-bond donors (Lipinski definition) is 0. The predicted molar refractivity (Wildman–Crippen MR) is 66.0 cm³/mol. The first-order valence-electron chi connectivity index (χ1n) is 6.69. The van der Waals surface area contributed by atoms with E-state index in [9.17, 15) is 0 Å². The minimum Gasteiger partial charge on any atom is -0.297 e. The highest BCUT2D eigenvalue weighted by molar-refractivity contribution is 4.92. The fourth-order valence-electron chi connectivity index (χ4n) is 3.50. The highest BCUT2D eigenvalue weighted by atomic mass is 15.2. The van der Waals surface area contributed by atoms with Crippen molar-refractivity contribution >= 4 is 0 Å². The molecule has 0 amide bonds. The van der Waals surface area contributed by atoms with Crippen molar-refractivity contribution in [2.45, 2.75) is 64.0 Å². The Morgan fingerprint density at radius 3 is 3.00 bits per heavy atom. The van der Waals surface area contributed by atoms with E-state index in [2.05, 4.69) is 24.5 Å². The zero-order chi connectivity index (χ0) is 10.7. The molecule has 2 aliphatic heterocycles. The zero-order valence-electron chi connectivity index (χ0n) is 10.1. The maximum absolute atomic E-state index is 3.81. The van der Waals surface area contributed by atoms with Gasteiger partial charge in [0, 0.05) is 12.1 Å². The van der Waals surface area contributed by atoms with Gasteiger partial charge in [0.15, 0.2) is 0 Å². The van der Waals surface area contributed by atoms with Gasteiger partial charge < -0.3 is 0 Å². The number of rotatable bonds is 4. The average Bonchev–Trinajstić information content (AvgIpc) is 2.71. The molecule has 3 atom stereocenters. The van der Waals surface area contributed by atoms with Crippen LogP contribution in [0.3, 0.4) is 0 Å². The van der Waals surface area contributed by atoms with Gasteiger partial charge in [-0.05, 0) is 57.4 Å². The first-order valence-corrected chi connectivity index (χ1v) is 6.69. The summed E-state index contributed by atoms with van der Waals surface area (Å²) in [7, 11) is 0. The Balaban J connectivity index is 1.86. The van der Waals surface area contributed by atoms with Gasteiger partial charge in [0.2, 0.25) is 0 Å². The highest BCUT2D eigenvalue weighted by Crippen LogP contribution is 2.36. The summed E-state index contributed by atoms with van der Waals surface area (Å²) in [5.74, 6) is 0.947. The van der Waals surface area contributed by atoms with Gasteiger partial charge in [-0.15, -0.1) is 6.58 Å². The minimum absolute atomic E-state index is 0.897. The number of allylic oxidation sites excluding steroid dienone is 1. The molecule has 2 aliphatic rings. The first kappa shape index (κ1) is 11.2. The zero-order valence-corrected chi connectivity index (χ0v) is 10.1. The van der Waals surface area contributed by atoms with Crippen molar-refractivity contribution in [2.24, 2.45) is 5.92 Å². The molecule has 0 spiro atoms. The summed E-state index contributed by atoms with van der Waals surface area (Å²) >= 11 is 0. The summed E-state index contributed by atoms with van der Waals surface area (Å²) in [4.78, 5) is 2.82. The van der Waals surface area contributed by atoms with Gasteiger partial charge in [0.05, 0.1) is 0 Å². The number of unbranched alkanes of at least 4 members (excludes halogenated alkanes) is 1. The van der Waals surface area contributed by atoms with Gasteiger partial charge >= 0.3 is 0 Å². The largest absolute Gasteiger partial charge is 0.297 e. The predicted octanol–water partition coefficient (Wildman–Crippen LogP) is 3.61. The second-order valence-electron chi connectivity index (χ2n) is 5.38. The number of nitrogens with zero attached hydrogens (tertiary/aromatic N) is 1. The molecule has 0 aromatic rings. The van der Waals surface area contributed by atoms with Crippen molar-refractivity contribution in [1.29, 1.82) is 0 Å². The van der Waals surface area contributed by atoms with Crippen LogP contribution in [-0.2, 0) is 0 Å². The lowest BCUT2D eigenvalue weighted by atomic mass is 9.85. The molecular weight excluding hydrogens is 182 g/mol. The van der Waals surface area contributed by atoms with Crippen molar-refractivity contribution in [3.8, 4) is 0 Å². The fourth-order valence-corrected chi connectivity index (χ4v) is 3.50. The Morgan fingerprint density at radius 2 is 2.20 bits per heavy atom. The van der Waals surface area contributed by atoms with Crippen molar-refractivity contribution < 1.29 is 0 Å². The van der Waals surface area contributed by atoms with Gasteiger partial charge in [-0.25, -0.2) is 0 Å². The lowest BCUT2D eigenvalue weighted by molar-refractivity contribution is 0.0756. The summed E-state index contributed by atoms with van der Waals surface area (Å²) in [6.07, 6.45) is 11.8. The summed E-state index contributed by atoms with van der Waals surface area (Å²) in [6.45, 7) is 7.62. The Kier molecular flexibility index (Phi) is 3.85. The normalized spacial score (nSPS) is 36.5. The van der Waals surface area contributed by atoms with Gasteiger partial charge in [0.1, 0.15) is 0 Å². The average molecular weight is 207 g/mol. The Labute approximate surface area is 94.5 Å². The smallest absolute Gasteiger partial charge is 0.0124 e. The van der Waals surface area contributed by atoms with Crippen LogP contribution in [-0.4, -0.2) is 23.5 Å². The fraction of sp³-hybridized carbons (Fsp3) is 0.857. The molecule has 0 N–H and O–H groups in total. The van der Waals surface area contributed by atoms with Gasteiger partial charge in [-0.2, -0.15) is 0 Å². The summed E-state index contributed by atoms with van der Waals surface area (Å²) in [6, 6.07) is 1.82. The molecule has 2 rings (SSSR count). The van der Waals surface area contributed by atoms with E-state index < -0.39 is 0 Å². The monoisotopic (exact) mass is 207 g/mol. The second kappa shape index (κ2) is 5.16. The SMILES string of the molecule is C=CCCC[C@@H]1CC[C@@H](C)[C@@H]2CCCN12. The van der Waals surface area contributed by atoms with Crippen LogP contribution in [0.15, 0.2) is 12.7 Å². The molecule has 0 aromatic carbocycles. The first-order chi connectivity index (χ1) is 7.33. The van der Waals surface area contributed by atoms with Crippen molar-refractivity contribution in [3.63, 3.8) is 0 Å². The molecule has 2 heterocycles. The molecule has 0 bridgehead atoms. The Morgan fingerprint density at radius 1 is 1.33 bits per heavy atom. The molecule has 0 aromatic heterocycles. The van der Waals surface area contributed by atoms with E-state index in [4.69, 9.17) is 0 Å². The molecular formula is C14H25N. The highest BCUT2D eigenvalue weighted by Gasteiger charge is 2.37. The quantitative estimate of drug-likeness (QED) is 0.503. The van der Waals surface area contributed by atoms with Crippen LogP contribution in [0.25, 0.3) is 0 Å². The third-order valence-electron chi connectivity index (χ3n) is 4.37. The van der Waals surface area contributed by atoms with Crippen LogP contribution in [0.4, 0.5) is 0 Å². The lowest BCUT2D eigenvalue weighted by Gasteiger charge is -2.41. The van der Waals surface area contributed by atoms with E-state index in [0.29, 0.717) is 0 Å². The topological polar surface area (TPSA) is 3.24 Å². The van der Waals surface area contributed by atoms with Crippen LogP contribution >= 0.6 is 0 Å². The summed E-state index contributed by atoms with van der Waals surface area (Å²) in [5.41, 5.74) is 0. The maximum atomic E-state index is 3.81. The third-order valence-corrected chi connectivity index (χ3v) is 4.37.